The average molecular weight is 342 g/mol. The second-order valence-electron chi connectivity index (χ2n) is 8.62. The van der Waals surface area contributed by atoms with Crippen LogP contribution in [-0.2, 0) is 11.2 Å². The van der Waals surface area contributed by atoms with Crippen LogP contribution in [0.4, 0.5) is 5.69 Å². The summed E-state index contributed by atoms with van der Waals surface area (Å²) >= 11 is 0. The molecule has 4 saturated carbocycles. The molecule has 1 aromatic rings. The first-order valence-electron chi connectivity index (χ1n) is 9.51. The second-order valence-corrected chi connectivity index (χ2v) is 8.62. The molecule has 1 N–H and O–H groups in total. The van der Waals surface area contributed by atoms with Crippen molar-refractivity contribution in [1.29, 1.82) is 0 Å². The maximum atomic E-state index is 12.2. The molecule has 0 saturated heterocycles. The molecule has 4 bridgehead atoms. The molecule has 25 heavy (non-hydrogen) atoms. The van der Waals surface area contributed by atoms with Crippen molar-refractivity contribution in [2.45, 2.75) is 51.4 Å². The zero-order chi connectivity index (χ0) is 17.4. The van der Waals surface area contributed by atoms with Crippen molar-refractivity contribution >= 4 is 11.6 Å². The average Bonchev–Trinajstić information content (AvgIpc) is 2.53. The normalized spacial score (nSPS) is 32.6. The van der Waals surface area contributed by atoms with Gasteiger partial charge in [-0.2, -0.15) is 0 Å². The number of nitrogens with one attached hydrogen (secondary N) is 1. The number of hydrogen-bond donors (Lipinski definition) is 1. The molecule has 5 heteroatoms. The number of carbonyl (C=O) groups is 1. The Hall–Kier alpha value is -1.91. The van der Waals surface area contributed by atoms with Gasteiger partial charge in [0.05, 0.1) is 11.3 Å². The maximum Gasteiger partial charge on any atom is 0.269 e. The van der Waals surface area contributed by atoms with Crippen molar-refractivity contribution in [3.05, 3.63) is 39.9 Å². The van der Waals surface area contributed by atoms with E-state index in [0.29, 0.717) is 11.8 Å². The molecule has 0 unspecified atom stereocenters. The molecule has 1 aromatic carbocycles. The van der Waals surface area contributed by atoms with E-state index in [4.69, 9.17) is 0 Å². The largest absolute Gasteiger partial charge is 0.356 e. The van der Waals surface area contributed by atoms with E-state index in [0.717, 1.165) is 36.3 Å². The molecule has 5 rings (SSSR count). The van der Waals surface area contributed by atoms with Crippen molar-refractivity contribution < 1.29 is 9.72 Å². The molecule has 0 heterocycles. The van der Waals surface area contributed by atoms with Crippen LogP contribution in [0.15, 0.2) is 24.3 Å². The number of nitrogens with zero attached hydrogens (tertiary/aromatic N) is 1. The van der Waals surface area contributed by atoms with Crippen molar-refractivity contribution in [2.24, 2.45) is 23.2 Å². The Morgan fingerprint density at radius 1 is 1.08 bits per heavy atom. The first-order valence-corrected chi connectivity index (χ1v) is 9.51. The summed E-state index contributed by atoms with van der Waals surface area (Å²) in [6, 6.07) is 6.24. The molecule has 4 fully saturated rings. The maximum absolute atomic E-state index is 12.2. The Bertz CT molecular complexity index is 633. The van der Waals surface area contributed by atoms with Crippen molar-refractivity contribution in [1.82, 2.24) is 5.32 Å². The molecule has 0 spiro atoms. The van der Waals surface area contributed by atoms with Crippen molar-refractivity contribution in [2.75, 3.05) is 6.54 Å². The van der Waals surface area contributed by atoms with Gasteiger partial charge in [0.2, 0.25) is 5.91 Å². The van der Waals surface area contributed by atoms with Gasteiger partial charge in [-0.05, 0) is 73.7 Å². The highest BCUT2D eigenvalue weighted by Gasteiger charge is 2.50. The predicted octanol–water partition coefficient (Wildman–Crippen LogP) is 3.86. The van der Waals surface area contributed by atoms with Crippen LogP contribution in [0, 0.1) is 33.3 Å². The van der Waals surface area contributed by atoms with Gasteiger partial charge in [0.1, 0.15) is 0 Å². The van der Waals surface area contributed by atoms with E-state index in [-0.39, 0.29) is 11.6 Å². The van der Waals surface area contributed by atoms with E-state index in [9.17, 15) is 14.9 Å². The smallest absolute Gasteiger partial charge is 0.269 e. The lowest BCUT2D eigenvalue weighted by Crippen LogP contribution is -2.47. The quantitative estimate of drug-likeness (QED) is 0.630. The van der Waals surface area contributed by atoms with Gasteiger partial charge in [0.15, 0.2) is 0 Å². The Balaban J connectivity index is 1.26. The molecule has 5 nitrogen and oxygen atoms in total. The molecule has 4 aliphatic carbocycles. The van der Waals surface area contributed by atoms with E-state index in [1.165, 1.54) is 50.7 Å². The van der Waals surface area contributed by atoms with Crippen LogP contribution in [0.5, 0.6) is 0 Å². The molecule has 0 radical (unpaired) electrons. The molecule has 4 aliphatic rings. The van der Waals surface area contributed by atoms with Crippen molar-refractivity contribution in [3.8, 4) is 0 Å². The fraction of sp³-hybridized carbons (Fsp3) is 0.650. The lowest BCUT2D eigenvalue weighted by molar-refractivity contribution is -0.384. The Morgan fingerprint density at radius 2 is 1.64 bits per heavy atom. The highest BCUT2D eigenvalue weighted by Crippen LogP contribution is 2.61. The van der Waals surface area contributed by atoms with Crippen LogP contribution in [0.25, 0.3) is 0 Å². The van der Waals surface area contributed by atoms with Gasteiger partial charge in [0, 0.05) is 18.7 Å². The summed E-state index contributed by atoms with van der Waals surface area (Å²) in [5.41, 5.74) is 1.37. The van der Waals surface area contributed by atoms with Gasteiger partial charge in [-0.3, -0.25) is 14.9 Å². The number of benzene rings is 1. The topological polar surface area (TPSA) is 72.2 Å². The minimum Gasteiger partial charge on any atom is -0.356 e. The zero-order valence-corrected chi connectivity index (χ0v) is 14.6. The first-order chi connectivity index (χ1) is 12.0. The number of rotatable bonds is 6. The van der Waals surface area contributed by atoms with Gasteiger partial charge < -0.3 is 5.32 Å². The number of hydrogen-bond acceptors (Lipinski definition) is 3. The summed E-state index contributed by atoms with van der Waals surface area (Å²) in [6.45, 7) is 0.762. The standard InChI is InChI=1S/C20H26N2O3/c23-19(10-14-1-3-18(4-2-14)22(24)25)21-6-5-20-11-15-7-16(12-20)9-17(8-15)13-20/h1-4,15-17H,5-13H2,(H,21,23). The Kier molecular flexibility index (Phi) is 4.26. The summed E-state index contributed by atoms with van der Waals surface area (Å²) in [6.07, 6.45) is 9.87. The number of amides is 1. The number of nitro groups is 1. The lowest BCUT2D eigenvalue weighted by Gasteiger charge is -2.57. The van der Waals surface area contributed by atoms with Gasteiger partial charge in [0.25, 0.3) is 5.69 Å². The second kappa shape index (κ2) is 6.43. The first kappa shape index (κ1) is 16.6. The van der Waals surface area contributed by atoms with E-state index in [1.54, 1.807) is 12.1 Å². The van der Waals surface area contributed by atoms with Crippen LogP contribution in [0.3, 0.4) is 0 Å². The minimum absolute atomic E-state index is 0.0126. The third kappa shape index (κ3) is 3.55. The lowest BCUT2D eigenvalue weighted by atomic mass is 9.49. The van der Waals surface area contributed by atoms with Gasteiger partial charge >= 0.3 is 0 Å². The minimum atomic E-state index is -0.421. The molecule has 134 valence electrons. The fourth-order valence-electron chi connectivity index (χ4n) is 6.05. The van der Waals surface area contributed by atoms with Gasteiger partial charge in [-0.1, -0.05) is 12.1 Å². The summed E-state index contributed by atoms with van der Waals surface area (Å²) in [4.78, 5) is 22.4. The third-order valence-electron chi connectivity index (χ3n) is 6.65. The van der Waals surface area contributed by atoms with Crippen LogP contribution >= 0.6 is 0 Å². The highest BCUT2D eigenvalue weighted by molar-refractivity contribution is 5.78. The molecular weight excluding hydrogens is 316 g/mol. The van der Waals surface area contributed by atoms with Crippen LogP contribution < -0.4 is 5.32 Å². The van der Waals surface area contributed by atoms with Gasteiger partial charge in [-0.15, -0.1) is 0 Å². The fourth-order valence-corrected chi connectivity index (χ4v) is 6.05. The monoisotopic (exact) mass is 342 g/mol. The highest BCUT2D eigenvalue weighted by atomic mass is 16.6. The Labute approximate surface area is 148 Å². The molecule has 0 aromatic heterocycles. The summed E-state index contributed by atoms with van der Waals surface area (Å²) in [5.74, 6) is 2.85. The summed E-state index contributed by atoms with van der Waals surface area (Å²) in [7, 11) is 0. The van der Waals surface area contributed by atoms with Crippen LogP contribution in [-0.4, -0.2) is 17.4 Å². The number of non-ortho nitro benzene ring substituents is 1. The van der Waals surface area contributed by atoms with E-state index >= 15 is 0 Å². The molecule has 0 aliphatic heterocycles. The van der Waals surface area contributed by atoms with Crippen LogP contribution in [0.2, 0.25) is 0 Å². The number of nitro benzene ring substituents is 1. The zero-order valence-electron chi connectivity index (χ0n) is 14.6. The Morgan fingerprint density at radius 3 is 2.16 bits per heavy atom. The van der Waals surface area contributed by atoms with Crippen molar-refractivity contribution in [3.63, 3.8) is 0 Å². The number of carbonyl (C=O) groups excluding carboxylic acids is 1. The molecule has 1 amide bonds. The summed E-state index contributed by atoms with van der Waals surface area (Å²) < 4.78 is 0. The van der Waals surface area contributed by atoms with Crippen LogP contribution in [0.1, 0.15) is 50.5 Å². The molecular formula is C20H26N2O3. The summed E-state index contributed by atoms with van der Waals surface area (Å²) in [5, 5.41) is 13.7. The molecule has 0 atom stereocenters. The van der Waals surface area contributed by atoms with E-state index < -0.39 is 4.92 Å². The van der Waals surface area contributed by atoms with Gasteiger partial charge in [-0.25, -0.2) is 0 Å². The SMILES string of the molecule is O=C(Cc1ccc([N+](=O)[O-])cc1)NCCC12CC3CC(CC(C3)C1)C2. The third-order valence-corrected chi connectivity index (χ3v) is 6.65. The van der Waals surface area contributed by atoms with E-state index in [2.05, 4.69) is 5.32 Å². The predicted molar refractivity (Wildman–Crippen MR) is 95.0 cm³/mol. The van der Waals surface area contributed by atoms with E-state index in [1.807, 2.05) is 0 Å².